The highest BCUT2D eigenvalue weighted by atomic mass is 35.5. The topological polar surface area (TPSA) is 55.4 Å². The van der Waals surface area contributed by atoms with E-state index in [0.29, 0.717) is 5.02 Å². The van der Waals surface area contributed by atoms with Crippen LogP contribution in [0, 0.1) is 30.6 Å². The summed E-state index contributed by atoms with van der Waals surface area (Å²) in [5.41, 5.74) is 1.57. The maximum absolute atomic E-state index is 12.6. The molecule has 1 amide bonds. The van der Waals surface area contributed by atoms with Crippen LogP contribution in [0.25, 0.3) is 0 Å². The van der Waals surface area contributed by atoms with Gasteiger partial charge >= 0.3 is 5.97 Å². The van der Waals surface area contributed by atoms with E-state index in [4.69, 9.17) is 16.3 Å². The van der Waals surface area contributed by atoms with Crippen LogP contribution in [0.4, 0.5) is 5.69 Å². The molecule has 2 bridgehead atoms. The first-order valence-corrected chi connectivity index (χ1v) is 7.70. The van der Waals surface area contributed by atoms with Gasteiger partial charge in [-0.2, -0.15) is 0 Å². The van der Waals surface area contributed by atoms with Crippen molar-refractivity contribution in [1.82, 2.24) is 0 Å². The number of halogens is 1. The Labute approximate surface area is 127 Å². The number of nitrogens with one attached hydrogen (secondary N) is 1. The molecule has 1 aromatic carbocycles. The van der Waals surface area contributed by atoms with Crippen LogP contribution in [0.1, 0.15) is 18.4 Å². The third-order valence-corrected chi connectivity index (χ3v) is 5.72. The molecule has 2 saturated carbocycles. The number of ether oxygens (including phenoxy) is 1. The van der Waals surface area contributed by atoms with Gasteiger partial charge in [-0.25, -0.2) is 0 Å². The fourth-order valence-electron chi connectivity index (χ4n) is 4.32. The molecule has 21 heavy (non-hydrogen) atoms. The molecule has 4 nitrogen and oxygen atoms in total. The molecular formula is C16H16ClNO3. The first-order chi connectivity index (χ1) is 10.1. The lowest BCUT2D eigenvalue weighted by atomic mass is 9.79. The van der Waals surface area contributed by atoms with Crippen molar-refractivity contribution in [3.8, 4) is 0 Å². The monoisotopic (exact) mass is 305 g/mol. The number of fused-ring (bicyclic) bond motifs is 1. The predicted octanol–water partition coefficient (Wildman–Crippen LogP) is 2.78. The second-order valence-corrected chi connectivity index (χ2v) is 6.73. The number of carbonyl (C=O) groups excluding carboxylic acids is 2. The van der Waals surface area contributed by atoms with Gasteiger partial charge in [-0.3, -0.25) is 9.59 Å². The smallest absolute Gasteiger partial charge is 0.310 e. The maximum Gasteiger partial charge on any atom is 0.310 e. The first kappa shape index (κ1) is 13.1. The number of amides is 1. The zero-order valence-corrected chi connectivity index (χ0v) is 12.4. The van der Waals surface area contributed by atoms with Crippen molar-refractivity contribution < 1.29 is 14.3 Å². The quantitative estimate of drug-likeness (QED) is 0.855. The van der Waals surface area contributed by atoms with Gasteiger partial charge in [-0.05, 0) is 43.4 Å². The average molecular weight is 306 g/mol. The number of hydrogen-bond acceptors (Lipinski definition) is 3. The van der Waals surface area contributed by atoms with Gasteiger partial charge in [0.25, 0.3) is 0 Å². The number of anilines is 1. The van der Waals surface area contributed by atoms with Crippen molar-refractivity contribution in [2.75, 3.05) is 5.32 Å². The highest BCUT2D eigenvalue weighted by Gasteiger charge is 2.63. The fourth-order valence-corrected chi connectivity index (χ4v) is 4.50. The Morgan fingerprint density at radius 3 is 3.00 bits per heavy atom. The SMILES string of the molecule is Cc1c(Cl)cccc1NC(=O)[C@@H]1[C@@H]2C[C@@H]3[C@@H]1C(=O)O[C@H]3C2. The maximum atomic E-state index is 12.6. The number of benzene rings is 1. The molecule has 1 aliphatic heterocycles. The molecule has 4 rings (SSSR count). The third kappa shape index (κ3) is 1.81. The summed E-state index contributed by atoms with van der Waals surface area (Å²) >= 11 is 6.08. The van der Waals surface area contributed by atoms with Gasteiger partial charge in [0, 0.05) is 16.6 Å². The van der Waals surface area contributed by atoms with E-state index in [1.165, 1.54) is 0 Å². The summed E-state index contributed by atoms with van der Waals surface area (Å²) in [4.78, 5) is 24.6. The van der Waals surface area contributed by atoms with Crippen molar-refractivity contribution in [2.45, 2.75) is 25.9 Å². The van der Waals surface area contributed by atoms with Crippen molar-refractivity contribution >= 4 is 29.2 Å². The van der Waals surface area contributed by atoms with Gasteiger partial charge in [-0.1, -0.05) is 17.7 Å². The zero-order chi connectivity index (χ0) is 14.7. The van der Waals surface area contributed by atoms with Gasteiger partial charge in [0.1, 0.15) is 6.10 Å². The van der Waals surface area contributed by atoms with Crippen LogP contribution in [0.3, 0.4) is 0 Å². The van der Waals surface area contributed by atoms with Crippen LogP contribution in [0.2, 0.25) is 5.02 Å². The van der Waals surface area contributed by atoms with Gasteiger partial charge in [0.2, 0.25) is 5.91 Å². The lowest BCUT2D eigenvalue weighted by Gasteiger charge is -2.24. The van der Waals surface area contributed by atoms with Crippen LogP contribution < -0.4 is 5.32 Å². The largest absolute Gasteiger partial charge is 0.462 e. The molecule has 0 spiro atoms. The summed E-state index contributed by atoms with van der Waals surface area (Å²) in [5, 5.41) is 3.58. The Bertz CT molecular complexity index is 642. The summed E-state index contributed by atoms with van der Waals surface area (Å²) in [7, 11) is 0. The molecule has 3 aliphatic rings. The zero-order valence-electron chi connectivity index (χ0n) is 11.6. The molecule has 0 radical (unpaired) electrons. The Hall–Kier alpha value is -1.55. The van der Waals surface area contributed by atoms with Gasteiger partial charge in [0.15, 0.2) is 0 Å². The van der Waals surface area contributed by atoms with Crippen molar-refractivity contribution in [2.24, 2.45) is 23.7 Å². The molecule has 1 N–H and O–H groups in total. The molecule has 2 aliphatic carbocycles. The summed E-state index contributed by atoms with van der Waals surface area (Å²) < 4.78 is 5.37. The average Bonchev–Trinajstić information content (AvgIpc) is 3.05. The summed E-state index contributed by atoms with van der Waals surface area (Å²) in [5.74, 6) is -0.231. The Balaban J connectivity index is 1.59. The Morgan fingerprint density at radius 2 is 2.19 bits per heavy atom. The van der Waals surface area contributed by atoms with Crippen LogP contribution in [0.5, 0.6) is 0 Å². The molecule has 5 atom stereocenters. The van der Waals surface area contributed by atoms with E-state index in [1.807, 2.05) is 19.1 Å². The minimum atomic E-state index is -0.250. The van der Waals surface area contributed by atoms with Crippen molar-refractivity contribution in [3.05, 3.63) is 28.8 Å². The second-order valence-electron chi connectivity index (χ2n) is 6.32. The normalized spacial score (nSPS) is 35.9. The summed E-state index contributed by atoms with van der Waals surface area (Å²) in [6.45, 7) is 1.87. The Kier molecular flexibility index (Phi) is 2.80. The second kappa shape index (κ2) is 4.47. The molecule has 0 aromatic heterocycles. The number of hydrogen-bond donors (Lipinski definition) is 1. The Morgan fingerprint density at radius 1 is 1.38 bits per heavy atom. The van der Waals surface area contributed by atoms with Crippen LogP contribution in [0.15, 0.2) is 18.2 Å². The summed E-state index contributed by atoms with van der Waals surface area (Å²) in [6.07, 6.45) is 1.83. The lowest BCUT2D eigenvalue weighted by molar-refractivity contribution is -0.145. The van der Waals surface area contributed by atoms with Crippen LogP contribution in [-0.4, -0.2) is 18.0 Å². The van der Waals surface area contributed by atoms with Crippen LogP contribution in [-0.2, 0) is 14.3 Å². The van der Waals surface area contributed by atoms with Crippen molar-refractivity contribution in [1.29, 1.82) is 0 Å². The highest BCUT2D eigenvalue weighted by molar-refractivity contribution is 6.31. The van der Waals surface area contributed by atoms with E-state index >= 15 is 0 Å². The minimum Gasteiger partial charge on any atom is -0.462 e. The van der Waals surface area contributed by atoms with E-state index in [9.17, 15) is 9.59 Å². The predicted molar refractivity (Wildman–Crippen MR) is 77.9 cm³/mol. The third-order valence-electron chi connectivity index (χ3n) is 5.31. The first-order valence-electron chi connectivity index (χ1n) is 7.32. The van der Waals surface area contributed by atoms with E-state index in [2.05, 4.69) is 5.32 Å². The number of carbonyl (C=O) groups is 2. The van der Waals surface area contributed by atoms with Gasteiger partial charge < -0.3 is 10.1 Å². The summed E-state index contributed by atoms with van der Waals surface area (Å²) in [6, 6.07) is 5.44. The van der Waals surface area contributed by atoms with E-state index in [0.717, 1.165) is 24.1 Å². The van der Waals surface area contributed by atoms with E-state index in [1.54, 1.807) is 6.07 Å². The molecule has 0 unspecified atom stereocenters. The molecule has 1 saturated heterocycles. The molecule has 110 valence electrons. The standard InChI is InChI=1S/C16H16ClNO3/c1-7-10(17)3-2-4-11(7)18-15(19)13-8-5-9-12(6-8)21-16(20)14(9)13/h2-4,8-9,12-14H,5-6H2,1H3,(H,18,19)/t8-,9+,12+,13-,14+/m1/s1. The molecular weight excluding hydrogens is 290 g/mol. The number of rotatable bonds is 2. The molecule has 5 heteroatoms. The van der Waals surface area contributed by atoms with Gasteiger partial charge in [0.05, 0.1) is 11.8 Å². The molecule has 1 heterocycles. The van der Waals surface area contributed by atoms with Crippen molar-refractivity contribution in [3.63, 3.8) is 0 Å². The van der Waals surface area contributed by atoms with Gasteiger partial charge in [-0.15, -0.1) is 0 Å². The minimum absolute atomic E-state index is 0.0597. The van der Waals surface area contributed by atoms with E-state index in [-0.39, 0.29) is 41.7 Å². The molecule has 3 fully saturated rings. The number of esters is 1. The van der Waals surface area contributed by atoms with E-state index < -0.39 is 0 Å². The fraction of sp³-hybridized carbons (Fsp3) is 0.500. The van der Waals surface area contributed by atoms with Crippen LogP contribution >= 0.6 is 11.6 Å². The molecule has 1 aromatic rings. The lowest BCUT2D eigenvalue weighted by Crippen LogP contribution is -2.36. The highest BCUT2D eigenvalue weighted by Crippen LogP contribution is 2.57.